The Kier molecular flexibility index (Phi) is 4.76. The van der Waals surface area contributed by atoms with Gasteiger partial charge in [-0.1, -0.05) is 17.3 Å². The highest BCUT2D eigenvalue weighted by Gasteiger charge is 2.18. The number of hydrogen-bond donors (Lipinski definition) is 0. The van der Waals surface area contributed by atoms with Crippen LogP contribution in [0.4, 0.5) is 0 Å². The predicted molar refractivity (Wildman–Crippen MR) is 94.7 cm³/mol. The summed E-state index contributed by atoms with van der Waals surface area (Å²) in [6.45, 7) is 0. The average Bonchev–Trinajstić information content (AvgIpc) is 3.10. The van der Waals surface area contributed by atoms with E-state index < -0.39 is 0 Å². The van der Waals surface area contributed by atoms with Gasteiger partial charge in [0.05, 0.1) is 32.0 Å². The van der Waals surface area contributed by atoms with Crippen molar-refractivity contribution in [3.63, 3.8) is 0 Å². The van der Waals surface area contributed by atoms with Crippen LogP contribution in [0, 0.1) is 0 Å². The molecule has 0 fully saturated rings. The summed E-state index contributed by atoms with van der Waals surface area (Å²) in [6.07, 6.45) is 1.70. The van der Waals surface area contributed by atoms with Crippen LogP contribution in [0.5, 0.6) is 17.2 Å². The van der Waals surface area contributed by atoms with Crippen molar-refractivity contribution in [2.75, 3.05) is 21.3 Å². The summed E-state index contributed by atoms with van der Waals surface area (Å²) < 4.78 is 22.2. The molecule has 0 spiro atoms. The van der Waals surface area contributed by atoms with Crippen molar-refractivity contribution in [3.05, 3.63) is 47.1 Å². The molecule has 24 heavy (non-hydrogen) atoms. The van der Waals surface area contributed by atoms with Gasteiger partial charge in [-0.15, -0.1) is 0 Å². The zero-order valence-corrected chi connectivity index (χ0v) is 15.1. The molecule has 0 unspecified atom stereocenters. The molecule has 0 amide bonds. The van der Waals surface area contributed by atoms with Crippen LogP contribution in [-0.4, -0.2) is 26.5 Å². The van der Waals surface area contributed by atoms with E-state index >= 15 is 0 Å². The molecule has 1 heterocycles. The third kappa shape index (κ3) is 2.97. The standard InChI is InChI=1S/C18H16BrNO4/c1-21-13-6-4-11(5-7-13)14-10-20-24-17(14)12-8-15(19)18(23-3)16(9-12)22-2/h4-10H,1-3H3. The molecule has 1 aromatic heterocycles. The lowest BCUT2D eigenvalue weighted by Crippen LogP contribution is -1.92. The molecule has 0 radical (unpaired) electrons. The highest BCUT2D eigenvalue weighted by atomic mass is 79.9. The third-order valence-electron chi connectivity index (χ3n) is 3.67. The number of ether oxygens (including phenoxy) is 3. The van der Waals surface area contributed by atoms with Gasteiger partial charge in [0.2, 0.25) is 0 Å². The Bertz CT molecular complexity index is 843. The van der Waals surface area contributed by atoms with E-state index in [-0.39, 0.29) is 0 Å². The first kappa shape index (κ1) is 16.4. The van der Waals surface area contributed by atoms with Gasteiger partial charge in [0.1, 0.15) is 5.75 Å². The van der Waals surface area contributed by atoms with Gasteiger partial charge in [-0.2, -0.15) is 0 Å². The molecule has 0 saturated heterocycles. The Balaban J connectivity index is 2.08. The number of rotatable bonds is 5. The summed E-state index contributed by atoms with van der Waals surface area (Å²) in [4.78, 5) is 0. The second-order valence-electron chi connectivity index (χ2n) is 4.99. The molecule has 0 bridgehead atoms. The first-order valence-corrected chi connectivity index (χ1v) is 7.98. The molecule has 3 aromatic rings. The lowest BCUT2D eigenvalue weighted by atomic mass is 10.0. The SMILES string of the molecule is COc1ccc(-c2cnoc2-c2cc(Br)c(OC)c(OC)c2)cc1. The second kappa shape index (κ2) is 6.97. The van der Waals surface area contributed by atoms with Crippen molar-refractivity contribution in [2.45, 2.75) is 0 Å². The number of benzene rings is 2. The third-order valence-corrected chi connectivity index (χ3v) is 4.26. The van der Waals surface area contributed by atoms with E-state index in [0.29, 0.717) is 17.3 Å². The molecule has 2 aromatic carbocycles. The number of nitrogens with zero attached hydrogens (tertiary/aromatic N) is 1. The highest BCUT2D eigenvalue weighted by molar-refractivity contribution is 9.10. The van der Waals surface area contributed by atoms with Gasteiger partial charge in [0.15, 0.2) is 17.3 Å². The maximum absolute atomic E-state index is 5.49. The summed E-state index contributed by atoms with van der Waals surface area (Å²) in [6, 6.07) is 11.5. The van der Waals surface area contributed by atoms with Crippen molar-refractivity contribution in [2.24, 2.45) is 0 Å². The van der Waals surface area contributed by atoms with E-state index in [0.717, 1.165) is 26.9 Å². The minimum Gasteiger partial charge on any atom is -0.497 e. The van der Waals surface area contributed by atoms with Crippen LogP contribution in [-0.2, 0) is 0 Å². The van der Waals surface area contributed by atoms with Crippen molar-refractivity contribution in [3.8, 4) is 39.7 Å². The van der Waals surface area contributed by atoms with Crippen LogP contribution in [0.15, 0.2) is 51.6 Å². The quantitative estimate of drug-likeness (QED) is 0.627. The van der Waals surface area contributed by atoms with Crippen LogP contribution in [0.1, 0.15) is 0 Å². The first-order chi connectivity index (χ1) is 11.7. The predicted octanol–water partition coefficient (Wildman–Crippen LogP) is 4.80. The van der Waals surface area contributed by atoms with E-state index in [1.54, 1.807) is 27.5 Å². The zero-order chi connectivity index (χ0) is 17.1. The lowest BCUT2D eigenvalue weighted by molar-refractivity contribution is 0.353. The Labute approximate surface area is 148 Å². The highest BCUT2D eigenvalue weighted by Crippen LogP contribution is 2.41. The van der Waals surface area contributed by atoms with E-state index in [4.69, 9.17) is 18.7 Å². The van der Waals surface area contributed by atoms with Gasteiger partial charge >= 0.3 is 0 Å². The maximum Gasteiger partial charge on any atom is 0.174 e. The van der Waals surface area contributed by atoms with Gasteiger partial charge in [-0.3, -0.25) is 0 Å². The summed E-state index contributed by atoms with van der Waals surface area (Å²) >= 11 is 3.50. The fourth-order valence-corrected chi connectivity index (χ4v) is 3.08. The Morgan fingerprint density at radius 2 is 1.67 bits per heavy atom. The van der Waals surface area contributed by atoms with Gasteiger partial charge < -0.3 is 18.7 Å². The average molecular weight is 390 g/mol. The molecular weight excluding hydrogens is 374 g/mol. The molecule has 0 aliphatic carbocycles. The topological polar surface area (TPSA) is 53.7 Å². The zero-order valence-electron chi connectivity index (χ0n) is 13.5. The number of methoxy groups -OCH3 is 3. The summed E-state index contributed by atoms with van der Waals surface area (Å²) in [5, 5.41) is 3.95. The minimum atomic E-state index is 0.610. The van der Waals surface area contributed by atoms with E-state index in [1.165, 1.54) is 0 Å². The molecule has 0 N–H and O–H groups in total. The Morgan fingerprint density at radius 1 is 0.917 bits per heavy atom. The van der Waals surface area contributed by atoms with Gasteiger partial charge in [-0.05, 0) is 45.8 Å². The monoisotopic (exact) mass is 389 g/mol. The van der Waals surface area contributed by atoms with Crippen LogP contribution in [0.2, 0.25) is 0 Å². The molecule has 124 valence electrons. The normalized spacial score (nSPS) is 10.5. The number of hydrogen-bond acceptors (Lipinski definition) is 5. The van der Waals surface area contributed by atoms with Crippen molar-refractivity contribution in [1.82, 2.24) is 5.16 Å². The summed E-state index contributed by atoms with van der Waals surface area (Å²) in [5.74, 6) is 2.69. The maximum atomic E-state index is 5.49. The van der Waals surface area contributed by atoms with E-state index in [1.807, 2.05) is 36.4 Å². The molecule has 0 saturated carbocycles. The van der Waals surface area contributed by atoms with E-state index in [2.05, 4.69) is 21.1 Å². The smallest absolute Gasteiger partial charge is 0.174 e. The Hall–Kier alpha value is -2.47. The fourth-order valence-electron chi connectivity index (χ4n) is 2.47. The van der Waals surface area contributed by atoms with Crippen molar-refractivity contribution in [1.29, 1.82) is 0 Å². The van der Waals surface area contributed by atoms with Crippen LogP contribution in [0.25, 0.3) is 22.5 Å². The molecular formula is C18H16BrNO4. The van der Waals surface area contributed by atoms with Crippen molar-refractivity contribution < 1.29 is 18.7 Å². The minimum absolute atomic E-state index is 0.610. The number of halogens is 1. The Morgan fingerprint density at radius 3 is 2.29 bits per heavy atom. The van der Waals surface area contributed by atoms with Gasteiger partial charge in [0.25, 0.3) is 0 Å². The molecule has 5 nitrogen and oxygen atoms in total. The van der Waals surface area contributed by atoms with Crippen LogP contribution in [0.3, 0.4) is 0 Å². The first-order valence-electron chi connectivity index (χ1n) is 7.19. The molecule has 0 aliphatic rings. The molecule has 3 rings (SSSR count). The summed E-state index contributed by atoms with van der Waals surface area (Å²) in [7, 11) is 4.83. The molecule has 0 aliphatic heterocycles. The number of aromatic nitrogens is 1. The fraction of sp³-hybridized carbons (Fsp3) is 0.167. The summed E-state index contributed by atoms with van der Waals surface area (Å²) in [5.41, 5.74) is 2.71. The van der Waals surface area contributed by atoms with Crippen LogP contribution < -0.4 is 14.2 Å². The van der Waals surface area contributed by atoms with Crippen LogP contribution >= 0.6 is 15.9 Å². The second-order valence-corrected chi connectivity index (χ2v) is 5.85. The largest absolute Gasteiger partial charge is 0.497 e. The van der Waals surface area contributed by atoms with E-state index in [9.17, 15) is 0 Å². The van der Waals surface area contributed by atoms with Gasteiger partial charge in [0, 0.05) is 11.1 Å². The molecule has 0 atom stereocenters. The van der Waals surface area contributed by atoms with Crippen molar-refractivity contribution >= 4 is 15.9 Å². The molecule has 6 heteroatoms. The van der Waals surface area contributed by atoms with Gasteiger partial charge in [-0.25, -0.2) is 0 Å². The lowest BCUT2D eigenvalue weighted by Gasteiger charge is -2.11.